The van der Waals surface area contributed by atoms with E-state index in [1.165, 1.54) is 33.0 Å². The Morgan fingerprint density at radius 1 is 0.900 bits per heavy atom. The molecule has 4 rings (SSSR count). The molecular formula is C19H17N. The molecule has 98 valence electrons. The summed E-state index contributed by atoms with van der Waals surface area (Å²) in [5.41, 5.74) is 12.5. The van der Waals surface area contributed by atoms with E-state index >= 15 is 0 Å². The van der Waals surface area contributed by atoms with Gasteiger partial charge in [-0.1, -0.05) is 62.4 Å². The zero-order chi connectivity index (χ0) is 13.9. The fourth-order valence-electron chi connectivity index (χ4n) is 3.69. The summed E-state index contributed by atoms with van der Waals surface area (Å²) < 4.78 is 0. The van der Waals surface area contributed by atoms with Crippen LogP contribution in [0.2, 0.25) is 0 Å². The minimum atomic E-state index is 0.000903. The lowest BCUT2D eigenvalue weighted by Gasteiger charge is -2.23. The maximum Gasteiger partial charge on any atom is 0.0403 e. The van der Waals surface area contributed by atoms with Gasteiger partial charge in [0, 0.05) is 16.7 Å². The van der Waals surface area contributed by atoms with Crippen LogP contribution in [-0.4, -0.2) is 0 Å². The van der Waals surface area contributed by atoms with Crippen molar-refractivity contribution in [3.8, 4) is 11.1 Å². The molecule has 0 radical (unpaired) electrons. The van der Waals surface area contributed by atoms with Gasteiger partial charge in [-0.25, -0.2) is 0 Å². The molecule has 0 saturated carbocycles. The van der Waals surface area contributed by atoms with E-state index in [0.29, 0.717) is 0 Å². The lowest BCUT2D eigenvalue weighted by Crippen LogP contribution is -2.15. The SMILES string of the molecule is CC1(C)c2ccccc2-c2c(N)cc3ccccc3c21. The highest BCUT2D eigenvalue weighted by atomic mass is 14.6. The van der Waals surface area contributed by atoms with Crippen molar-refractivity contribution < 1.29 is 0 Å². The Balaban J connectivity index is 2.25. The van der Waals surface area contributed by atoms with Gasteiger partial charge in [-0.2, -0.15) is 0 Å². The van der Waals surface area contributed by atoms with Crippen LogP contribution in [-0.2, 0) is 5.41 Å². The van der Waals surface area contributed by atoms with E-state index in [1.54, 1.807) is 0 Å². The van der Waals surface area contributed by atoms with Crippen LogP contribution in [0.3, 0.4) is 0 Å². The second-order valence-corrected chi connectivity index (χ2v) is 6.11. The number of hydrogen-bond acceptors (Lipinski definition) is 1. The maximum absolute atomic E-state index is 6.37. The molecule has 3 aromatic rings. The summed E-state index contributed by atoms with van der Waals surface area (Å²) in [7, 11) is 0. The first kappa shape index (κ1) is 11.5. The van der Waals surface area contributed by atoms with E-state index in [2.05, 4.69) is 68.4 Å². The van der Waals surface area contributed by atoms with Crippen LogP contribution in [0.5, 0.6) is 0 Å². The molecule has 20 heavy (non-hydrogen) atoms. The number of anilines is 1. The fourth-order valence-corrected chi connectivity index (χ4v) is 3.69. The topological polar surface area (TPSA) is 26.0 Å². The average molecular weight is 259 g/mol. The molecule has 0 amide bonds. The first-order valence-electron chi connectivity index (χ1n) is 7.02. The molecule has 0 aromatic heterocycles. The number of nitrogens with two attached hydrogens (primary N) is 1. The largest absolute Gasteiger partial charge is 0.398 e. The highest BCUT2D eigenvalue weighted by molar-refractivity contribution is 6.02. The van der Waals surface area contributed by atoms with E-state index in [-0.39, 0.29) is 5.41 Å². The zero-order valence-corrected chi connectivity index (χ0v) is 11.8. The number of nitrogen functional groups attached to an aromatic ring is 1. The molecule has 2 N–H and O–H groups in total. The van der Waals surface area contributed by atoms with Gasteiger partial charge in [0.1, 0.15) is 0 Å². The average Bonchev–Trinajstić information content (AvgIpc) is 2.69. The van der Waals surface area contributed by atoms with Crippen molar-refractivity contribution in [1.29, 1.82) is 0 Å². The Morgan fingerprint density at radius 3 is 2.45 bits per heavy atom. The first-order chi connectivity index (χ1) is 9.60. The molecule has 1 nitrogen and oxygen atoms in total. The molecule has 0 fully saturated rings. The van der Waals surface area contributed by atoms with Crippen LogP contribution >= 0.6 is 0 Å². The molecule has 0 unspecified atom stereocenters. The standard InChI is InChI=1S/C19H17N/c1-19(2)15-10-6-5-9-14(15)17-16(20)11-12-7-3-4-8-13(12)18(17)19/h3-11H,20H2,1-2H3. The van der Waals surface area contributed by atoms with Gasteiger partial charge in [-0.15, -0.1) is 0 Å². The quantitative estimate of drug-likeness (QED) is 0.580. The fraction of sp³-hybridized carbons (Fsp3) is 0.158. The van der Waals surface area contributed by atoms with Crippen LogP contribution in [0.25, 0.3) is 21.9 Å². The minimum absolute atomic E-state index is 0.000903. The molecule has 0 saturated heterocycles. The van der Waals surface area contributed by atoms with Crippen molar-refractivity contribution in [3.63, 3.8) is 0 Å². The summed E-state index contributed by atoms with van der Waals surface area (Å²) in [5, 5.41) is 2.54. The summed E-state index contributed by atoms with van der Waals surface area (Å²) in [6, 6.07) is 19.3. The molecule has 3 aromatic carbocycles. The van der Waals surface area contributed by atoms with Crippen molar-refractivity contribution in [1.82, 2.24) is 0 Å². The zero-order valence-electron chi connectivity index (χ0n) is 11.8. The maximum atomic E-state index is 6.37. The van der Waals surface area contributed by atoms with E-state index in [0.717, 1.165) is 5.69 Å². The van der Waals surface area contributed by atoms with Gasteiger partial charge >= 0.3 is 0 Å². The minimum Gasteiger partial charge on any atom is -0.398 e. The van der Waals surface area contributed by atoms with E-state index in [4.69, 9.17) is 5.73 Å². The van der Waals surface area contributed by atoms with Gasteiger partial charge in [0.05, 0.1) is 0 Å². The third-order valence-electron chi connectivity index (χ3n) is 4.57. The lowest BCUT2D eigenvalue weighted by molar-refractivity contribution is 0.666. The molecule has 1 aliphatic carbocycles. The van der Waals surface area contributed by atoms with Crippen molar-refractivity contribution in [2.45, 2.75) is 19.3 Å². The third kappa shape index (κ3) is 1.27. The van der Waals surface area contributed by atoms with Crippen molar-refractivity contribution >= 4 is 16.5 Å². The second kappa shape index (κ2) is 3.63. The van der Waals surface area contributed by atoms with Crippen LogP contribution in [0.1, 0.15) is 25.0 Å². The Morgan fingerprint density at radius 2 is 1.60 bits per heavy atom. The Kier molecular flexibility index (Phi) is 2.10. The van der Waals surface area contributed by atoms with E-state index in [1.807, 2.05) is 0 Å². The van der Waals surface area contributed by atoms with Gasteiger partial charge in [0.2, 0.25) is 0 Å². The molecule has 0 heterocycles. The van der Waals surface area contributed by atoms with Crippen molar-refractivity contribution in [2.75, 3.05) is 5.73 Å². The predicted molar refractivity (Wildman–Crippen MR) is 85.9 cm³/mol. The number of fused-ring (bicyclic) bond motifs is 5. The van der Waals surface area contributed by atoms with E-state index < -0.39 is 0 Å². The van der Waals surface area contributed by atoms with Crippen molar-refractivity contribution in [2.24, 2.45) is 0 Å². The summed E-state index contributed by atoms with van der Waals surface area (Å²) in [4.78, 5) is 0. The Labute approximate surface area is 119 Å². The molecule has 1 heteroatoms. The van der Waals surface area contributed by atoms with Crippen LogP contribution in [0, 0.1) is 0 Å². The van der Waals surface area contributed by atoms with Gasteiger partial charge in [0.15, 0.2) is 0 Å². The number of rotatable bonds is 0. The van der Waals surface area contributed by atoms with Gasteiger partial charge < -0.3 is 5.73 Å². The van der Waals surface area contributed by atoms with Crippen LogP contribution < -0.4 is 5.73 Å². The first-order valence-corrected chi connectivity index (χ1v) is 7.02. The molecule has 0 aliphatic heterocycles. The lowest BCUT2D eigenvalue weighted by atomic mass is 9.80. The molecule has 0 spiro atoms. The highest BCUT2D eigenvalue weighted by Crippen LogP contribution is 2.53. The Bertz CT molecular complexity index is 844. The molecule has 0 atom stereocenters. The number of benzene rings is 3. The van der Waals surface area contributed by atoms with Gasteiger partial charge in [-0.05, 0) is 33.5 Å². The van der Waals surface area contributed by atoms with Gasteiger partial charge in [-0.3, -0.25) is 0 Å². The monoisotopic (exact) mass is 259 g/mol. The smallest absolute Gasteiger partial charge is 0.0403 e. The summed E-state index contributed by atoms with van der Waals surface area (Å²) >= 11 is 0. The van der Waals surface area contributed by atoms with E-state index in [9.17, 15) is 0 Å². The highest BCUT2D eigenvalue weighted by Gasteiger charge is 2.37. The van der Waals surface area contributed by atoms with Crippen molar-refractivity contribution in [3.05, 3.63) is 65.7 Å². The molecule has 0 bridgehead atoms. The van der Waals surface area contributed by atoms with Crippen LogP contribution in [0.15, 0.2) is 54.6 Å². The summed E-state index contributed by atoms with van der Waals surface area (Å²) in [6.07, 6.45) is 0. The third-order valence-corrected chi connectivity index (χ3v) is 4.57. The molecular weight excluding hydrogens is 242 g/mol. The second-order valence-electron chi connectivity index (χ2n) is 6.11. The number of hydrogen-bond donors (Lipinski definition) is 1. The normalized spacial score (nSPS) is 15.1. The Hall–Kier alpha value is -2.28. The van der Waals surface area contributed by atoms with Crippen LogP contribution in [0.4, 0.5) is 5.69 Å². The summed E-state index contributed by atoms with van der Waals surface area (Å²) in [5.74, 6) is 0. The predicted octanol–water partition coefficient (Wildman–Crippen LogP) is 4.73. The summed E-state index contributed by atoms with van der Waals surface area (Å²) in [6.45, 7) is 4.59. The van der Waals surface area contributed by atoms with Gasteiger partial charge in [0.25, 0.3) is 0 Å². The molecule has 1 aliphatic rings.